The van der Waals surface area contributed by atoms with Gasteiger partial charge in [0.25, 0.3) is 0 Å². The Balaban J connectivity index is 1.60. The fourth-order valence-electron chi connectivity index (χ4n) is 3.89. The Morgan fingerprint density at radius 1 is 1.04 bits per heavy atom. The summed E-state index contributed by atoms with van der Waals surface area (Å²) >= 11 is 0. The Morgan fingerprint density at radius 2 is 1.75 bits per heavy atom. The van der Waals surface area contributed by atoms with Crippen molar-refractivity contribution in [3.63, 3.8) is 0 Å². The van der Waals surface area contributed by atoms with E-state index in [1.165, 1.54) is 16.7 Å². The van der Waals surface area contributed by atoms with E-state index < -0.39 is 5.97 Å². The summed E-state index contributed by atoms with van der Waals surface area (Å²) in [5.74, 6) is 0.0226. The molecule has 142 valence electrons. The number of benzene rings is 3. The van der Waals surface area contributed by atoms with Gasteiger partial charge < -0.3 is 9.84 Å². The van der Waals surface area contributed by atoms with Crippen LogP contribution in [0.5, 0.6) is 5.75 Å². The fourth-order valence-corrected chi connectivity index (χ4v) is 3.89. The summed E-state index contributed by atoms with van der Waals surface area (Å²) in [5, 5.41) is 9.08. The maximum absolute atomic E-state index is 11.1. The van der Waals surface area contributed by atoms with E-state index in [9.17, 15) is 4.79 Å². The molecule has 4 rings (SSSR count). The van der Waals surface area contributed by atoms with Gasteiger partial charge in [-0.15, -0.1) is 0 Å². The molecule has 1 heterocycles. The highest BCUT2D eigenvalue weighted by atomic mass is 16.5. The van der Waals surface area contributed by atoms with Crippen LogP contribution >= 0.6 is 0 Å². The van der Waals surface area contributed by atoms with Gasteiger partial charge in [-0.2, -0.15) is 0 Å². The van der Waals surface area contributed by atoms with Gasteiger partial charge in [-0.3, -0.25) is 0 Å². The standard InChI is InChI=1S/C25H24O3/c1-17-5-3-4-6-22(17)16-25(2)14-13-19-9-12-21(15-23(19)28-25)18-7-10-20(11-8-18)24(26)27/h3-12,15H,13-14,16H2,1-2H3,(H,26,27)/t25-/m1/s1. The van der Waals surface area contributed by atoms with E-state index in [-0.39, 0.29) is 5.60 Å². The largest absolute Gasteiger partial charge is 0.487 e. The summed E-state index contributed by atoms with van der Waals surface area (Å²) in [5.41, 5.74) is 5.94. The number of hydrogen-bond donors (Lipinski definition) is 1. The highest BCUT2D eigenvalue weighted by Crippen LogP contribution is 2.38. The Morgan fingerprint density at radius 3 is 2.46 bits per heavy atom. The molecule has 3 nitrogen and oxygen atoms in total. The van der Waals surface area contributed by atoms with Gasteiger partial charge in [-0.25, -0.2) is 4.79 Å². The lowest BCUT2D eigenvalue weighted by atomic mass is 9.85. The van der Waals surface area contributed by atoms with Crippen molar-refractivity contribution >= 4 is 5.97 Å². The van der Waals surface area contributed by atoms with Gasteiger partial charge in [0, 0.05) is 6.42 Å². The first kappa shape index (κ1) is 18.3. The molecule has 0 amide bonds. The second kappa shape index (κ2) is 7.16. The van der Waals surface area contributed by atoms with Crippen molar-refractivity contribution in [1.82, 2.24) is 0 Å². The minimum Gasteiger partial charge on any atom is -0.487 e. The van der Waals surface area contributed by atoms with E-state index in [2.05, 4.69) is 56.3 Å². The number of rotatable bonds is 4. The molecule has 3 heteroatoms. The van der Waals surface area contributed by atoms with Crippen molar-refractivity contribution in [1.29, 1.82) is 0 Å². The maximum Gasteiger partial charge on any atom is 0.335 e. The number of ether oxygens (including phenoxy) is 1. The molecule has 0 saturated heterocycles. The molecule has 0 bridgehead atoms. The third kappa shape index (κ3) is 3.65. The number of carbonyl (C=O) groups is 1. The second-order valence-corrected chi connectivity index (χ2v) is 7.86. The molecule has 0 spiro atoms. The number of hydrogen-bond acceptors (Lipinski definition) is 2. The van der Waals surface area contributed by atoms with Crippen LogP contribution < -0.4 is 4.74 Å². The van der Waals surface area contributed by atoms with Gasteiger partial charge in [0.15, 0.2) is 0 Å². The van der Waals surface area contributed by atoms with E-state index in [4.69, 9.17) is 9.84 Å². The van der Waals surface area contributed by atoms with Gasteiger partial charge in [0.05, 0.1) is 5.56 Å². The molecule has 3 aromatic rings. The zero-order chi connectivity index (χ0) is 19.7. The van der Waals surface area contributed by atoms with Crippen molar-refractivity contribution in [3.8, 4) is 16.9 Å². The van der Waals surface area contributed by atoms with Gasteiger partial charge in [-0.05, 0) is 72.7 Å². The van der Waals surface area contributed by atoms with Crippen LogP contribution in [0, 0.1) is 6.92 Å². The zero-order valence-electron chi connectivity index (χ0n) is 16.2. The average Bonchev–Trinajstić information content (AvgIpc) is 2.69. The van der Waals surface area contributed by atoms with Gasteiger partial charge in [0.2, 0.25) is 0 Å². The highest BCUT2D eigenvalue weighted by Gasteiger charge is 2.32. The van der Waals surface area contributed by atoms with E-state index in [1.54, 1.807) is 12.1 Å². The predicted molar refractivity (Wildman–Crippen MR) is 111 cm³/mol. The summed E-state index contributed by atoms with van der Waals surface area (Å²) in [4.78, 5) is 11.1. The van der Waals surface area contributed by atoms with Gasteiger partial charge in [0.1, 0.15) is 11.4 Å². The molecule has 3 aromatic carbocycles. The lowest BCUT2D eigenvalue weighted by Crippen LogP contribution is -2.38. The molecule has 0 aromatic heterocycles. The number of fused-ring (bicyclic) bond motifs is 1. The van der Waals surface area contributed by atoms with Gasteiger partial charge >= 0.3 is 5.97 Å². The molecule has 0 fully saturated rings. The molecule has 0 saturated carbocycles. The quantitative estimate of drug-likeness (QED) is 0.640. The third-order valence-electron chi connectivity index (χ3n) is 5.64. The monoisotopic (exact) mass is 372 g/mol. The van der Waals surface area contributed by atoms with Crippen LogP contribution in [0.4, 0.5) is 0 Å². The second-order valence-electron chi connectivity index (χ2n) is 7.86. The summed E-state index contributed by atoms with van der Waals surface area (Å²) in [6.45, 7) is 4.34. The average molecular weight is 372 g/mol. The fraction of sp³-hybridized carbons (Fsp3) is 0.240. The van der Waals surface area contributed by atoms with E-state index in [0.29, 0.717) is 5.56 Å². The maximum atomic E-state index is 11.1. The molecule has 1 N–H and O–H groups in total. The summed E-state index contributed by atoms with van der Waals surface area (Å²) < 4.78 is 6.51. The zero-order valence-corrected chi connectivity index (χ0v) is 16.2. The lowest BCUT2D eigenvalue weighted by molar-refractivity contribution is 0.0652. The first-order chi connectivity index (χ1) is 13.4. The predicted octanol–water partition coefficient (Wildman–Crippen LogP) is 5.69. The van der Waals surface area contributed by atoms with Crippen LogP contribution in [0.2, 0.25) is 0 Å². The molecule has 0 aliphatic carbocycles. The highest BCUT2D eigenvalue weighted by molar-refractivity contribution is 5.88. The van der Waals surface area contributed by atoms with Crippen LogP contribution in [0.3, 0.4) is 0 Å². The van der Waals surface area contributed by atoms with Crippen molar-refractivity contribution < 1.29 is 14.6 Å². The Hall–Kier alpha value is -3.07. The summed E-state index contributed by atoms with van der Waals surface area (Å²) in [6, 6.07) is 21.8. The van der Waals surface area contributed by atoms with Crippen LogP contribution in [0.25, 0.3) is 11.1 Å². The third-order valence-corrected chi connectivity index (χ3v) is 5.64. The molecule has 1 aliphatic rings. The summed E-state index contributed by atoms with van der Waals surface area (Å²) in [6.07, 6.45) is 2.87. The Kier molecular flexibility index (Phi) is 4.68. The number of carboxylic acid groups (broad SMARTS) is 1. The van der Waals surface area contributed by atoms with Crippen LogP contribution in [0.15, 0.2) is 66.7 Å². The van der Waals surface area contributed by atoms with E-state index >= 15 is 0 Å². The smallest absolute Gasteiger partial charge is 0.335 e. The number of aromatic carboxylic acids is 1. The van der Waals surface area contributed by atoms with E-state index in [0.717, 1.165) is 36.1 Å². The molecule has 0 unspecified atom stereocenters. The first-order valence-electron chi connectivity index (χ1n) is 9.64. The van der Waals surface area contributed by atoms with Crippen molar-refractivity contribution in [3.05, 3.63) is 89.0 Å². The normalized spacial score (nSPS) is 18.2. The SMILES string of the molecule is Cc1ccccc1C[C@@]1(C)CCc2ccc(-c3ccc(C(=O)O)cc3)cc2O1. The lowest BCUT2D eigenvalue weighted by Gasteiger charge is -2.36. The van der Waals surface area contributed by atoms with Crippen LogP contribution in [-0.2, 0) is 12.8 Å². The van der Waals surface area contributed by atoms with Crippen molar-refractivity contribution in [2.24, 2.45) is 0 Å². The topological polar surface area (TPSA) is 46.5 Å². The van der Waals surface area contributed by atoms with Crippen LogP contribution in [0.1, 0.15) is 40.4 Å². The van der Waals surface area contributed by atoms with Gasteiger partial charge in [-0.1, -0.05) is 48.5 Å². The molecule has 28 heavy (non-hydrogen) atoms. The first-order valence-corrected chi connectivity index (χ1v) is 9.64. The number of carboxylic acids is 1. The Labute approximate surface area is 165 Å². The number of aryl methyl sites for hydroxylation is 2. The van der Waals surface area contributed by atoms with Crippen molar-refractivity contribution in [2.45, 2.75) is 38.7 Å². The van der Waals surface area contributed by atoms with Crippen LogP contribution in [-0.4, -0.2) is 16.7 Å². The minimum absolute atomic E-state index is 0.231. The Bertz CT molecular complexity index is 1020. The minimum atomic E-state index is -0.910. The van der Waals surface area contributed by atoms with Crippen molar-refractivity contribution in [2.75, 3.05) is 0 Å². The summed E-state index contributed by atoms with van der Waals surface area (Å²) in [7, 11) is 0. The molecule has 0 radical (unpaired) electrons. The molecule has 1 aliphatic heterocycles. The molecular weight excluding hydrogens is 348 g/mol. The molecule has 1 atom stereocenters. The van der Waals surface area contributed by atoms with E-state index in [1.807, 2.05) is 12.1 Å². The molecular formula is C25H24O3.